The number of hydrogen-bond donors (Lipinski definition) is 1. The molecule has 0 unspecified atom stereocenters. The van der Waals surface area contributed by atoms with Gasteiger partial charge in [-0.05, 0) is 24.1 Å². The average Bonchev–Trinajstić information content (AvgIpc) is 2.10. The first-order chi connectivity index (χ1) is 6.15. The molecule has 4 heteroatoms. The third-order valence-electron chi connectivity index (χ3n) is 1.97. The number of nitrogens with two attached hydrogens (primary N) is 1. The molecule has 14 heavy (non-hydrogen) atoms. The van der Waals surface area contributed by atoms with Gasteiger partial charge in [0.2, 0.25) is 0 Å². The molecule has 0 spiro atoms. The fraction of sp³-hybridized carbons (Fsp3) is 0.400. The summed E-state index contributed by atoms with van der Waals surface area (Å²) in [7, 11) is 0. The topological polar surface area (TPSA) is 26.0 Å². The summed E-state index contributed by atoms with van der Waals surface area (Å²) in [5.41, 5.74) is 6.39. The van der Waals surface area contributed by atoms with Crippen LogP contribution in [0.5, 0.6) is 0 Å². The van der Waals surface area contributed by atoms with Gasteiger partial charge in [-0.1, -0.05) is 19.4 Å². The minimum absolute atomic E-state index is 0. The third kappa shape index (κ3) is 3.24. The lowest BCUT2D eigenvalue weighted by molar-refractivity contribution is 0.504. The van der Waals surface area contributed by atoms with E-state index >= 15 is 0 Å². The van der Waals surface area contributed by atoms with Gasteiger partial charge in [-0.3, -0.25) is 0 Å². The number of rotatable bonds is 3. The maximum absolute atomic E-state index is 12.7. The highest BCUT2D eigenvalue weighted by molar-refractivity contribution is 5.85. The maximum Gasteiger partial charge on any atom is 0.159 e. The van der Waals surface area contributed by atoms with Crippen molar-refractivity contribution < 1.29 is 8.78 Å². The molecule has 1 aromatic rings. The molecule has 0 bridgehead atoms. The predicted octanol–water partition coefficient (Wildman–Crippen LogP) is 3.19. The van der Waals surface area contributed by atoms with Crippen molar-refractivity contribution >= 4 is 12.4 Å². The van der Waals surface area contributed by atoms with Gasteiger partial charge in [-0.25, -0.2) is 8.78 Å². The Labute approximate surface area is 88.7 Å². The van der Waals surface area contributed by atoms with Gasteiger partial charge >= 0.3 is 0 Å². The Morgan fingerprint density at radius 1 is 1.29 bits per heavy atom. The molecular weight excluding hydrogens is 208 g/mol. The molecule has 0 aliphatic heterocycles. The summed E-state index contributed by atoms with van der Waals surface area (Å²) >= 11 is 0. The summed E-state index contributed by atoms with van der Waals surface area (Å²) in [5.74, 6) is -1.66. The van der Waals surface area contributed by atoms with Crippen LogP contribution in [-0.2, 0) is 0 Å². The smallest absolute Gasteiger partial charge is 0.159 e. The Morgan fingerprint density at radius 3 is 2.43 bits per heavy atom. The van der Waals surface area contributed by atoms with Crippen LogP contribution in [0.2, 0.25) is 0 Å². The van der Waals surface area contributed by atoms with Gasteiger partial charge < -0.3 is 5.73 Å². The van der Waals surface area contributed by atoms with Crippen LogP contribution in [0.15, 0.2) is 18.2 Å². The van der Waals surface area contributed by atoms with Gasteiger partial charge in [0, 0.05) is 6.04 Å². The van der Waals surface area contributed by atoms with Crippen LogP contribution in [0.25, 0.3) is 0 Å². The largest absolute Gasteiger partial charge is 0.324 e. The van der Waals surface area contributed by atoms with Crippen molar-refractivity contribution in [1.82, 2.24) is 0 Å². The lowest BCUT2D eigenvalue weighted by Crippen LogP contribution is -2.10. The molecule has 0 amide bonds. The Bertz CT molecular complexity index is 291. The molecule has 0 saturated heterocycles. The Balaban J connectivity index is 0.00000169. The molecule has 1 aromatic carbocycles. The molecule has 80 valence electrons. The lowest BCUT2D eigenvalue weighted by Gasteiger charge is -2.10. The second kappa shape index (κ2) is 5.94. The molecule has 0 saturated carbocycles. The first-order valence-electron chi connectivity index (χ1n) is 4.35. The standard InChI is InChI=1S/C10H13F2N.ClH/c1-2-3-10(13)7-4-5-8(11)9(12)6-7;/h4-6,10H,2-3,13H2,1H3;1H/t10-;/m1./s1. The lowest BCUT2D eigenvalue weighted by atomic mass is 10.0. The van der Waals surface area contributed by atoms with E-state index in [0.29, 0.717) is 5.56 Å². The Kier molecular flexibility index (Phi) is 5.65. The van der Waals surface area contributed by atoms with Gasteiger partial charge in [0.25, 0.3) is 0 Å². The zero-order valence-electron chi connectivity index (χ0n) is 7.97. The van der Waals surface area contributed by atoms with Crippen LogP contribution in [0.4, 0.5) is 8.78 Å². The minimum atomic E-state index is -0.830. The van der Waals surface area contributed by atoms with Gasteiger partial charge in [-0.2, -0.15) is 0 Å². The van der Waals surface area contributed by atoms with E-state index in [4.69, 9.17) is 5.73 Å². The number of halogens is 3. The van der Waals surface area contributed by atoms with E-state index in [9.17, 15) is 8.78 Å². The maximum atomic E-state index is 12.7. The van der Waals surface area contributed by atoms with Gasteiger partial charge in [0.1, 0.15) is 0 Å². The summed E-state index contributed by atoms with van der Waals surface area (Å²) in [6.45, 7) is 2.00. The van der Waals surface area contributed by atoms with E-state index in [1.165, 1.54) is 6.07 Å². The Hall–Kier alpha value is -0.670. The van der Waals surface area contributed by atoms with Crippen LogP contribution >= 0.6 is 12.4 Å². The first-order valence-corrected chi connectivity index (χ1v) is 4.35. The van der Waals surface area contributed by atoms with E-state index in [1.54, 1.807) is 0 Å². The molecule has 1 atom stereocenters. The van der Waals surface area contributed by atoms with E-state index in [-0.39, 0.29) is 18.4 Å². The van der Waals surface area contributed by atoms with Crippen LogP contribution < -0.4 is 5.73 Å². The molecule has 0 radical (unpaired) electrons. The third-order valence-corrected chi connectivity index (χ3v) is 1.97. The van der Waals surface area contributed by atoms with Crippen molar-refractivity contribution in [2.45, 2.75) is 25.8 Å². The molecule has 0 aliphatic rings. The summed E-state index contributed by atoms with van der Waals surface area (Å²) in [6.07, 6.45) is 1.71. The number of hydrogen-bond acceptors (Lipinski definition) is 1. The highest BCUT2D eigenvalue weighted by Gasteiger charge is 2.08. The molecule has 0 heterocycles. The van der Waals surface area contributed by atoms with Crippen LogP contribution in [0.3, 0.4) is 0 Å². The quantitative estimate of drug-likeness (QED) is 0.834. The normalized spacial score (nSPS) is 12.0. The van der Waals surface area contributed by atoms with Crippen LogP contribution in [-0.4, -0.2) is 0 Å². The second-order valence-electron chi connectivity index (χ2n) is 3.07. The monoisotopic (exact) mass is 221 g/mol. The first kappa shape index (κ1) is 13.3. The average molecular weight is 222 g/mol. The van der Waals surface area contributed by atoms with E-state index in [2.05, 4.69) is 0 Å². The van der Waals surface area contributed by atoms with Gasteiger partial charge in [0.05, 0.1) is 0 Å². The summed E-state index contributed by atoms with van der Waals surface area (Å²) in [4.78, 5) is 0. The number of benzene rings is 1. The van der Waals surface area contributed by atoms with Crippen molar-refractivity contribution in [2.24, 2.45) is 5.73 Å². The summed E-state index contributed by atoms with van der Waals surface area (Å²) < 4.78 is 25.3. The summed E-state index contributed by atoms with van der Waals surface area (Å²) in [6, 6.07) is 3.61. The highest BCUT2D eigenvalue weighted by Crippen LogP contribution is 2.17. The zero-order valence-corrected chi connectivity index (χ0v) is 8.78. The van der Waals surface area contributed by atoms with E-state index in [0.717, 1.165) is 25.0 Å². The van der Waals surface area contributed by atoms with Crippen molar-refractivity contribution in [3.05, 3.63) is 35.4 Å². The van der Waals surface area contributed by atoms with E-state index < -0.39 is 11.6 Å². The highest BCUT2D eigenvalue weighted by atomic mass is 35.5. The zero-order chi connectivity index (χ0) is 9.84. The molecule has 2 N–H and O–H groups in total. The van der Waals surface area contributed by atoms with Gasteiger partial charge in [0.15, 0.2) is 11.6 Å². The fourth-order valence-electron chi connectivity index (χ4n) is 1.22. The minimum Gasteiger partial charge on any atom is -0.324 e. The molecule has 0 aliphatic carbocycles. The fourth-order valence-corrected chi connectivity index (χ4v) is 1.22. The van der Waals surface area contributed by atoms with E-state index in [1.807, 2.05) is 6.92 Å². The van der Waals surface area contributed by atoms with Crippen molar-refractivity contribution in [1.29, 1.82) is 0 Å². The SMILES string of the molecule is CCC[C@@H](N)c1ccc(F)c(F)c1.Cl. The van der Waals surface area contributed by atoms with Crippen molar-refractivity contribution in [2.75, 3.05) is 0 Å². The van der Waals surface area contributed by atoms with Gasteiger partial charge in [-0.15, -0.1) is 12.4 Å². The molecule has 0 fully saturated rings. The van der Waals surface area contributed by atoms with Crippen LogP contribution in [0, 0.1) is 11.6 Å². The molecule has 0 aromatic heterocycles. The van der Waals surface area contributed by atoms with Crippen molar-refractivity contribution in [3.8, 4) is 0 Å². The predicted molar refractivity (Wildman–Crippen MR) is 55.4 cm³/mol. The van der Waals surface area contributed by atoms with Crippen molar-refractivity contribution in [3.63, 3.8) is 0 Å². The Morgan fingerprint density at radius 2 is 1.93 bits per heavy atom. The molecular formula is C10H14ClF2N. The van der Waals surface area contributed by atoms with Crippen LogP contribution in [0.1, 0.15) is 31.4 Å². The molecule has 1 rings (SSSR count). The molecule has 1 nitrogen and oxygen atoms in total. The summed E-state index contributed by atoms with van der Waals surface area (Å²) in [5, 5.41) is 0. The second-order valence-corrected chi connectivity index (χ2v) is 3.07.